The summed E-state index contributed by atoms with van der Waals surface area (Å²) in [5.41, 5.74) is 2.57. The molecule has 136 valence electrons. The first-order chi connectivity index (χ1) is 12.6. The molecule has 1 aromatic heterocycles. The monoisotopic (exact) mass is 362 g/mol. The lowest BCUT2D eigenvalue weighted by Crippen LogP contribution is -2.52. The third kappa shape index (κ3) is 4.18. The summed E-state index contributed by atoms with van der Waals surface area (Å²) >= 11 is 0. The molecule has 0 unspecified atom stereocenters. The van der Waals surface area contributed by atoms with Crippen molar-refractivity contribution in [1.29, 1.82) is 0 Å². The highest BCUT2D eigenvalue weighted by Crippen LogP contribution is 2.27. The average molecular weight is 363 g/mol. The smallest absolute Gasteiger partial charge is 0.156 e. The molecule has 0 saturated heterocycles. The Morgan fingerprint density at radius 3 is 2.12 bits per heavy atom. The maximum Gasteiger partial charge on any atom is 0.156 e. The lowest BCUT2D eigenvalue weighted by atomic mass is 10.0. The summed E-state index contributed by atoms with van der Waals surface area (Å²) in [5, 5.41) is 2.61. The van der Waals surface area contributed by atoms with Gasteiger partial charge in [0.15, 0.2) is 8.07 Å². The summed E-state index contributed by atoms with van der Waals surface area (Å²) in [7, 11) is -1.82. The summed E-state index contributed by atoms with van der Waals surface area (Å²) in [6.45, 7) is 7.03. The maximum absolute atomic E-state index is 6.54. The van der Waals surface area contributed by atoms with Crippen LogP contribution in [0.1, 0.15) is 38.2 Å². The zero-order valence-electron chi connectivity index (χ0n) is 16.3. The third-order valence-electron chi connectivity index (χ3n) is 5.26. The summed E-state index contributed by atoms with van der Waals surface area (Å²) in [4.78, 5) is 0. The normalized spacial score (nSPS) is 11.7. The molecule has 0 saturated carbocycles. The quantitative estimate of drug-likeness (QED) is 0.359. The van der Waals surface area contributed by atoms with E-state index in [9.17, 15) is 0 Å². The number of rotatable bonds is 8. The van der Waals surface area contributed by atoms with Crippen molar-refractivity contribution in [3.05, 3.63) is 72.3 Å². The molecule has 26 heavy (non-hydrogen) atoms. The average Bonchev–Trinajstić information content (AvgIpc) is 3.12. The fraction of sp³-hybridized carbons (Fsp3) is 0.333. The molecule has 0 amide bonds. The van der Waals surface area contributed by atoms with Crippen LogP contribution in [0, 0.1) is 0 Å². The molecular formula is C24H30OSi. The molecule has 2 heteroatoms. The molecule has 3 aromatic rings. The van der Waals surface area contributed by atoms with Crippen LogP contribution in [0.2, 0.25) is 13.1 Å². The Hall–Kier alpha value is -2.06. The molecule has 0 spiro atoms. The van der Waals surface area contributed by atoms with Gasteiger partial charge in [-0.2, -0.15) is 0 Å². The van der Waals surface area contributed by atoms with E-state index in [1.165, 1.54) is 47.4 Å². The van der Waals surface area contributed by atoms with E-state index in [2.05, 4.69) is 86.7 Å². The van der Waals surface area contributed by atoms with Gasteiger partial charge in [0.25, 0.3) is 0 Å². The van der Waals surface area contributed by atoms with Crippen molar-refractivity contribution in [3.8, 4) is 11.3 Å². The third-order valence-corrected chi connectivity index (χ3v) is 8.51. The van der Waals surface area contributed by atoms with Crippen molar-refractivity contribution in [3.63, 3.8) is 0 Å². The summed E-state index contributed by atoms with van der Waals surface area (Å²) < 4.78 is 6.54. The number of unbranched alkanes of at least 4 members (excludes halogenated alkanes) is 3. The highest BCUT2D eigenvalue weighted by atomic mass is 28.3. The molecule has 1 nitrogen and oxygen atoms in total. The van der Waals surface area contributed by atoms with Crippen LogP contribution in [0.3, 0.4) is 0 Å². The molecule has 3 rings (SSSR count). The molecule has 0 aliphatic rings. The van der Waals surface area contributed by atoms with Gasteiger partial charge in [-0.3, -0.25) is 0 Å². The van der Waals surface area contributed by atoms with E-state index in [0.717, 1.165) is 12.2 Å². The van der Waals surface area contributed by atoms with Crippen LogP contribution < -0.4 is 10.6 Å². The van der Waals surface area contributed by atoms with Gasteiger partial charge in [-0.15, -0.1) is 0 Å². The van der Waals surface area contributed by atoms with Crippen LogP contribution in [-0.2, 0) is 6.42 Å². The second-order valence-corrected chi connectivity index (χ2v) is 12.0. The number of aryl methyl sites for hydroxylation is 1. The molecule has 0 aliphatic heterocycles. The van der Waals surface area contributed by atoms with E-state index in [0.29, 0.717) is 0 Å². The fourth-order valence-corrected chi connectivity index (χ4v) is 5.70. The predicted octanol–water partition coefficient (Wildman–Crippen LogP) is 5.89. The Bertz CT molecular complexity index is 803. The molecule has 0 aliphatic carbocycles. The van der Waals surface area contributed by atoms with Crippen LogP contribution in [0.4, 0.5) is 0 Å². The summed E-state index contributed by atoms with van der Waals surface area (Å²) in [5.74, 6) is 1.08. The van der Waals surface area contributed by atoms with Crippen molar-refractivity contribution < 1.29 is 4.42 Å². The number of benzene rings is 2. The number of hydrogen-bond donors (Lipinski definition) is 0. The molecular weight excluding hydrogens is 332 g/mol. The predicted molar refractivity (Wildman–Crippen MR) is 115 cm³/mol. The van der Waals surface area contributed by atoms with Crippen molar-refractivity contribution in [1.82, 2.24) is 0 Å². The fourth-order valence-electron chi connectivity index (χ4n) is 3.50. The van der Waals surface area contributed by atoms with Gasteiger partial charge in [-0.1, -0.05) is 105 Å². The van der Waals surface area contributed by atoms with Gasteiger partial charge in [0.2, 0.25) is 0 Å². The standard InChI is InChI=1S/C24H30OSi/c1-4-5-6-9-16-21-19-23(25-24(21)20-14-10-7-11-15-20)26(2,3)22-17-12-8-13-18-22/h7-8,10-15,17-19H,4-6,9,16H2,1-3H3. The first-order valence-corrected chi connectivity index (χ1v) is 12.9. The number of furan rings is 1. The van der Waals surface area contributed by atoms with Crippen LogP contribution in [0.15, 0.2) is 71.1 Å². The zero-order chi connectivity index (χ0) is 18.4. The Kier molecular flexibility index (Phi) is 6.15. The van der Waals surface area contributed by atoms with Crippen LogP contribution in [0.5, 0.6) is 0 Å². The van der Waals surface area contributed by atoms with Gasteiger partial charge in [0, 0.05) is 5.56 Å². The molecule has 2 aromatic carbocycles. The minimum Gasteiger partial charge on any atom is -0.466 e. The lowest BCUT2D eigenvalue weighted by molar-refractivity contribution is 0.605. The Morgan fingerprint density at radius 2 is 1.46 bits per heavy atom. The molecule has 0 fully saturated rings. The van der Waals surface area contributed by atoms with E-state index in [-0.39, 0.29) is 0 Å². The molecule has 0 radical (unpaired) electrons. The highest BCUT2D eigenvalue weighted by molar-refractivity contribution is 6.99. The Labute approximate surface area is 159 Å². The molecule has 1 heterocycles. The Morgan fingerprint density at radius 1 is 0.808 bits per heavy atom. The Balaban J connectivity index is 1.95. The van der Waals surface area contributed by atoms with Crippen molar-refractivity contribution in [2.24, 2.45) is 0 Å². The highest BCUT2D eigenvalue weighted by Gasteiger charge is 2.31. The van der Waals surface area contributed by atoms with E-state index in [1.54, 1.807) is 0 Å². The van der Waals surface area contributed by atoms with Crippen molar-refractivity contribution >= 4 is 18.6 Å². The lowest BCUT2D eigenvalue weighted by Gasteiger charge is -2.19. The van der Waals surface area contributed by atoms with Gasteiger partial charge >= 0.3 is 0 Å². The van der Waals surface area contributed by atoms with Gasteiger partial charge in [-0.25, -0.2) is 0 Å². The molecule has 0 bridgehead atoms. The maximum atomic E-state index is 6.54. The van der Waals surface area contributed by atoms with Crippen LogP contribution in [-0.4, -0.2) is 8.07 Å². The molecule has 0 N–H and O–H groups in total. The molecule has 0 atom stereocenters. The van der Waals surface area contributed by atoms with E-state index < -0.39 is 8.07 Å². The second-order valence-electron chi connectivity index (χ2n) is 7.63. The minimum absolute atomic E-state index is 1.08. The van der Waals surface area contributed by atoms with Gasteiger partial charge in [-0.05, 0) is 24.5 Å². The van der Waals surface area contributed by atoms with Crippen molar-refractivity contribution in [2.75, 3.05) is 0 Å². The van der Waals surface area contributed by atoms with Gasteiger partial charge < -0.3 is 4.42 Å². The number of hydrogen-bond acceptors (Lipinski definition) is 1. The minimum atomic E-state index is -1.82. The summed E-state index contributed by atoms with van der Waals surface area (Å²) in [6, 6.07) is 23.8. The SMILES string of the molecule is CCCCCCc1cc([Si](C)(C)c2ccccc2)oc1-c1ccccc1. The zero-order valence-corrected chi connectivity index (χ0v) is 17.3. The van der Waals surface area contributed by atoms with Crippen LogP contribution >= 0.6 is 0 Å². The second kappa shape index (κ2) is 8.55. The van der Waals surface area contributed by atoms with Gasteiger partial charge in [0.05, 0.1) is 5.38 Å². The van der Waals surface area contributed by atoms with E-state index in [4.69, 9.17) is 4.42 Å². The first kappa shape index (κ1) is 18.7. The van der Waals surface area contributed by atoms with E-state index in [1.807, 2.05) is 0 Å². The van der Waals surface area contributed by atoms with Crippen molar-refractivity contribution in [2.45, 2.75) is 52.1 Å². The van der Waals surface area contributed by atoms with E-state index >= 15 is 0 Å². The largest absolute Gasteiger partial charge is 0.466 e. The first-order valence-electron chi connectivity index (χ1n) is 9.87. The topological polar surface area (TPSA) is 13.1 Å². The summed E-state index contributed by atoms with van der Waals surface area (Å²) in [6.07, 6.45) is 6.23. The van der Waals surface area contributed by atoms with Crippen LogP contribution in [0.25, 0.3) is 11.3 Å². The van der Waals surface area contributed by atoms with Gasteiger partial charge in [0.1, 0.15) is 5.76 Å².